The van der Waals surface area contributed by atoms with E-state index in [2.05, 4.69) is 31.3 Å². The van der Waals surface area contributed by atoms with Crippen molar-refractivity contribution in [2.75, 3.05) is 11.1 Å². The van der Waals surface area contributed by atoms with Crippen molar-refractivity contribution in [3.8, 4) is 0 Å². The number of aryl methyl sites for hydroxylation is 1. The van der Waals surface area contributed by atoms with Gasteiger partial charge in [-0.2, -0.15) is 5.10 Å². The van der Waals surface area contributed by atoms with Gasteiger partial charge >= 0.3 is 0 Å². The highest BCUT2D eigenvalue weighted by Crippen LogP contribution is 2.17. The van der Waals surface area contributed by atoms with Gasteiger partial charge in [-0.25, -0.2) is 9.37 Å². The number of nitrogens with zero attached hydrogens (tertiary/aromatic N) is 3. The Morgan fingerprint density at radius 2 is 2.29 bits per heavy atom. The maximum absolute atomic E-state index is 13.5. The molecule has 2 aromatic heterocycles. The number of rotatable bonds is 3. The second-order valence-corrected chi connectivity index (χ2v) is 4.43. The summed E-state index contributed by atoms with van der Waals surface area (Å²) in [7, 11) is 1.75. The van der Waals surface area contributed by atoms with Crippen molar-refractivity contribution < 1.29 is 4.39 Å². The van der Waals surface area contributed by atoms with Crippen LogP contribution in [0.2, 0.25) is 0 Å². The summed E-state index contributed by atoms with van der Waals surface area (Å²) in [4.78, 5) is 3.93. The van der Waals surface area contributed by atoms with Gasteiger partial charge < -0.3 is 11.1 Å². The van der Waals surface area contributed by atoms with Gasteiger partial charge in [-0.1, -0.05) is 0 Å². The van der Waals surface area contributed by atoms with Crippen LogP contribution in [0.1, 0.15) is 5.56 Å². The average molecular weight is 300 g/mol. The first-order valence-electron chi connectivity index (χ1n) is 4.89. The molecule has 5 nitrogen and oxygen atoms in total. The first-order chi connectivity index (χ1) is 8.08. The number of pyridine rings is 1. The van der Waals surface area contributed by atoms with E-state index in [1.54, 1.807) is 17.9 Å². The Hall–Kier alpha value is -1.63. The summed E-state index contributed by atoms with van der Waals surface area (Å²) in [5, 5.41) is 6.87. The third-order valence-electron chi connectivity index (χ3n) is 2.32. The van der Waals surface area contributed by atoms with Gasteiger partial charge in [0.15, 0.2) is 11.6 Å². The second-order valence-electron chi connectivity index (χ2n) is 3.52. The quantitative estimate of drug-likeness (QED) is 0.908. The minimum atomic E-state index is -0.415. The van der Waals surface area contributed by atoms with E-state index in [4.69, 9.17) is 5.73 Å². The molecular formula is C10H11BrFN5. The van der Waals surface area contributed by atoms with Crippen LogP contribution in [0, 0.1) is 5.82 Å². The van der Waals surface area contributed by atoms with Gasteiger partial charge in [-0.15, -0.1) is 0 Å². The molecule has 17 heavy (non-hydrogen) atoms. The molecule has 2 heterocycles. The molecule has 0 unspecified atom stereocenters. The van der Waals surface area contributed by atoms with E-state index in [9.17, 15) is 4.39 Å². The normalized spacial score (nSPS) is 10.5. The standard InChI is InChI=1S/C10H11BrFN5/c1-17-9(13)6(4-16-17)3-14-10-8(12)2-7(11)5-15-10/h2,4-5H,3,13H2,1H3,(H,14,15). The van der Waals surface area contributed by atoms with Crippen molar-refractivity contribution in [1.82, 2.24) is 14.8 Å². The van der Waals surface area contributed by atoms with Gasteiger partial charge in [-0.05, 0) is 22.0 Å². The number of aromatic nitrogens is 3. The Bertz CT molecular complexity index is 539. The number of nitrogens with two attached hydrogens (primary N) is 1. The predicted octanol–water partition coefficient (Wildman–Crippen LogP) is 1.91. The highest BCUT2D eigenvalue weighted by Gasteiger charge is 2.07. The predicted molar refractivity (Wildman–Crippen MR) is 66.8 cm³/mol. The van der Waals surface area contributed by atoms with Crippen molar-refractivity contribution in [3.05, 3.63) is 34.3 Å². The maximum atomic E-state index is 13.5. The molecular weight excluding hydrogens is 289 g/mol. The number of hydrogen-bond donors (Lipinski definition) is 2. The molecule has 0 aliphatic heterocycles. The molecule has 0 fully saturated rings. The summed E-state index contributed by atoms with van der Waals surface area (Å²) in [5.74, 6) is 0.327. The Balaban J connectivity index is 2.10. The monoisotopic (exact) mass is 299 g/mol. The molecule has 0 spiro atoms. The fraction of sp³-hybridized carbons (Fsp3) is 0.200. The van der Waals surface area contributed by atoms with Crippen LogP contribution < -0.4 is 11.1 Å². The van der Waals surface area contributed by atoms with Gasteiger partial charge in [0.1, 0.15) is 5.82 Å². The van der Waals surface area contributed by atoms with E-state index in [0.29, 0.717) is 16.8 Å². The van der Waals surface area contributed by atoms with E-state index >= 15 is 0 Å². The first-order valence-corrected chi connectivity index (χ1v) is 5.68. The lowest BCUT2D eigenvalue weighted by Crippen LogP contribution is -2.06. The van der Waals surface area contributed by atoms with Crippen molar-refractivity contribution in [3.63, 3.8) is 0 Å². The zero-order valence-electron chi connectivity index (χ0n) is 9.11. The molecule has 0 atom stereocenters. The zero-order chi connectivity index (χ0) is 12.4. The maximum Gasteiger partial charge on any atom is 0.166 e. The Morgan fingerprint density at radius 1 is 1.53 bits per heavy atom. The number of nitrogens with one attached hydrogen (secondary N) is 1. The molecule has 0 saturated carbocycles. The third-order valence-corrected chi connectivity index (χ3v) is 2.75. The van der Waals surface area contributed by atoms with Crippen LogP contribution in [0.15, 0.2) is 22.9 Å². The van der Waals surface area contributed by atoms with Crippen LogP contribution in [-0.4, -0.2) is 14.8 Å². The molecule has 2 aromatic rings. The molecule has 0 amide bonds. The topological polar surface area (TPSA) is 68.8 Å². The molecule has 7 heteroatoms. The van der Waals surface area contributed by atoms with Crippen molar-refractivity contribution in [2.24, 2.45) is 7.05 Å². The summed E-state index contributed by atoms with van der Waals surface area (Å²) in [5.41, 5.74) is 6.57. The minimum absolute atomic E-state index is 0.191. The molecule has 3 N–H and O–H groups in total. The summed E-state index contributed by atoms with van der Waals surface area (Å²) >= 11 is 3.14. The highest BCUT2D eigenvalue weighted by molar-refractivity contribution is 9.10. The minimum Gasteiger partial charge on any atom is -0.384 e. The second kappa shape index (κ2) is 4.70. The van der Waals surface area contributed by atoms with Gasteiger partial charge in [0.05, 0.1) is 6.20 Å². The van der Waals surface area contributed by atoms with E-state index in [1.165, 1.54) is 12.3 Å². The largest absolute Gasteiger partial charge is 0.384 e. The SMILES string of the molecule is Cn1ncc(CNc2ncc(Br)cc2F)c1N. The van der Waals surface area contributed by atoms with Gasteiger partial charge in [0.25, 0.3) is 0 Å². The van der Waals surface area contributed by atoms with Crippen molar-refractivity contribution in [2.45, 2.75) is 6.54 Å². The highest BCUT2D eigenvalue weighted by atomic mass is 79.9. The summed E-state index contributed by atoms with van der Waals surface area (Å²) < 4.78 is 15.6. The molecule has 0 radical (unpaired) electrons. The summed E-state index contributed by atoms with van der Waals surface area (Å²) in [6, 6.07) is 1.35. The molecule has 0 bridgehead atoms. The zero-order valence-corrected chi connectivity index (χ0v) is 10.7. The molecule has 0 aromatic carbocycles. The van der Waals surface area contributed by atoms with Gasteiger partial charge in [0, 0.05) is 29.8 Å². The van der Waals surface area contributed by atoms with Crippen LogP contribution in [0.4, 0.5) is 16.0 Å². The van der Waals surface area contributed by atoms with E-state index in [1.807, 2.05) is 0 Å². The lowest BCUT2D eigenvalue weighted by Gasteiger charge is -2.06. The van der Waals surface area contributed by atoms with Crippen LogP contribution in [0.5, 0.6) is 0 Å². The van der Waals surface area contributed by atoms with E-state index < -0.39 is 5.82 Å². The Labute approximate surface area is 106 Å². The first kappa shape index (κ1) is 11.8. The van der Waals surface area contributed by atoms with Crippen LogP contribution in [0.3, 0.4) is 0 Å². The van der Waals surface area contributed by atoms with E-state index in [-0.39, 0.29) is 5.82 Å². The number of halogens is 2. The van der Waals surface area contributed by atoms with Crippen LogP contribution in [-0.2, 0) is 13.6 Å². The van der Waals surface area contributed by atoms with Crippen LogP contribution >= 0.6 is 15.9 Å². The molecule has 0 aliphatic carbocycles. The van der Waals surface area contributed by atoms with Crippen LogP contribution in [0.25, 0.3) is 0 Å². The van der Waals surface area contributed by atoms with Gasteiger partial charge in [0.2, 0.25) is 0 Å². The van der Waals surface area contributed by atoms with Gasteiger partial charge in [-0.3, -0.25) is 4.68 Å². The average Bonchev–Trinajstić information content (AvgIpc) is 2.59. The lowest BCUT2D eigenvalue weighted by atomic mass is 10.3. The molecule has 2 rings (SSSR count). The third kappa shape index (κ3) is 2.55. The number of hydrogen-bond acceptors (Lipinski definition) is 4. The molecule has 0 aliphatic rings. The molecule has 90 valence electrons. The molecule has 0 saturated heterocycles. The number of anilines is 2. The smallest absolute Gasteiger partial charge is 0.166 e. The Kier molecular flexibility index (Phi) is 3.28. The van der Waals surface area contributed by atoms with Crippen molar-refractivity contribution in [1.29, 1.82) is 0 Å². The summed E-state index contributed by atoms with van der Waals surface area (Å²) in [6.45, 7) is 0.380. The fourth-order valence-corrected chi connectivity index (χ4v) is 1.66. The lowest BCUT2D eigenvalue weighted by molar-refractivity contribution is 0.623. The summed E-state index contributed by atoms with van der Waals surface area (Å²) in [6.07, 6.45) is 3.16. The van der Waals surface area contributed by atoms with E-state index in [0.717, 1.165) is 5.56 Å². The number of nitrogen functional groups attached to an aromatic ring is 1. The van der Waals surface area contributed by atoms with Crippen molar-refractivity contribution >= 4 is 27.6 Å². The Morgan fingerprint density at radius 3 is 2.88 bits per heavy atom. The fourth-order valence-electron chi connectivity index (χ4n) is 1.35.